The highest BCUT2D eigenvalue weighted by atomic mass is 35.5. The molecule has 4 bridgehead atoms. The lowest BCUT2D eigenvalue weighted by Gasteiger charge is -2.61. The molecule has 4 aliphatic carbocycles. The standard InChI is InChI=1S/C23H26ClN5O/c1-22(30)16-2-3-17(22)12-27(11-16)21-5-20-15(4-19(21)24)9-26-29(20)18-10-25-28(13-18)23-6-14(7-23)8-23/h4-5,9-10,13-14,16-17,30H,2-3,6-8,11-12H2,1H3. The Labute approximate surface area is 180 Å². The van der Waals surface area contributed by atoms with Gasteiger partial charge in [-0.3, -0.25) is 4.68 Å². The van der Waals surface area contributed by atoms with E-state index >= 15 is 0 Å². The van der Waals surface area contributed by atoms with Crippen molar-refractivity contribution in [1.29, 1.82) is 0 Å². The summed E-state index contributed by atoms with van der Waals surface area (Å²) in [5, 5.41) is 22.0. The van der Waals surface area contributed by atoms with Crippen LogP contribution in [0.4, 0.5) is 5.69 Å². The quantitative estimate of drug-likeness (QED) is 0.692. The molecule has 156 valence electrons. The smallest absolute Gasteiger partial charge is 0.103 e. The van der Waals surface area contributed by atoms with Gasteiger partial charge in [-0.05, 0) is 57.1 Å². The number of hydrogen-bond donors (Lipinski definition) is 1. The molecular formula is C23H26ClN5O. The van der Waals surface area contributed by atoms with Crippen molar-refractivity contribution >= 4 is 28.2 Å². The maximum Gasteiger partial charge on any atom is 0.103 e. The van der Waals surface area contributed by atoms with E-state index in [0.717, 1.165) is 59.1 Å². The van der Waals surface area contributed by atoms with E-state index in [4.69, 9.17) is 11.6 Å². The van der Waals surface area contributed by atoms with Gasteiger partial charge in [-0.2, -0.15) is 10.2 Å². The highest BCUT2D eigenvalue weighted by Gasteiger charge is 2.58. The lowest BCUT2D eigenvalue weighted by atomic mass is 9.50. The second-order valence-corrected chi connectivity index (χ2v) is 10.8. The average Bonchev–Trinajstić information content (AvgIpc) is 3.26. The van der Waals surface area contributed by atoms with Gasteiger partial charge in [0.05, 0.1) is 46.0 Å². The Morgan fingerprint density at radius 3 is 2.47 bits per heavy atom. The second-order valence-electron chi connectivity index (χ2n) is 10.4. The molecule has 7 heteroatoms. The second kappa shape index (κ2) is 5.60. The SMILES string of the molecule is CC1(O)C2CCC1CN(c1cc3c(cnn3-c3cnn(C45CC(C4)C5)c3)cc1Cl)C2. The first kappa shape index (κ1) is 17.6. The minimum Gasteiger partial charge on any atom is -0.389 e. The summed E-state index contributed by atoms with van der Waals surface area (Å²) >= 11 is 6.72. The van der Waals surface area contributed by atoms with Crippen LogP contribution < -0.4 is 4.90 Å². The summed E-state index contributed by atoms with van der Waals surface area (Å²) in [6.45, 7) is 3.71. The number of halogens is 1. The molecule has 0 amide bonds. The molecule has 4 saturated carbocycles. The van der Waals surface area contributed by atoms with E-state index in [-0.39, 0.29) is 5.54 Å². The number of anilines is 1. The molecule has 1 saturated heterocycles. The van der Waals surface area contributed by atoms with Crippen LogP contribution >= 0.6 is 11.6 Å². The van der Waals surface area contributed by atoms with Crippen LogP contribution in [-0.2, 0) is 5.54 Å². The summed E-state index contributed by atoms with van der Waals surface area (Å²) in [5.74, 6) is 1.53. The molecule has 0 spiro atoms. The first-order valence-electron chi connectivity index (χ1n) is 11.1. The average molecular weight is 424 g/mol. The molecule has 2 atom stereocenters. The molecule has 3 aromatic rings. The van der Waals surface area contributed by atoms with Crippen LogP contribution in [0.25, 0.3) is 16.6 Å². The number of nitrogens with zero attached hydrogens (tertiary/aromatic N) is 5. The van der Waals surface area contributed by atoms with E-state index < -0.39 is 5.60 Å². The van der Waals surface area contributed by atoms with E-state index in [2.05, 4.69) is 32.0 Å². The van der Waals surface area contributed by atoms with Crippen molar-refractivity contribution in [3.63, 3.8) is 0 Å². The number of hydrogen-bond acceptors (Lipinski definition) is 4. The van der Waals surface area contributed by atoms with Crippen molar-refractivity contribution < 1.29 is 5.11 Å². The topological polar surface area (TPSA) is 59.1 Å². The minimum atomic E-state index is -0.551. The van der Waals surface area contributed by atoms with Crippen LogP contribution in [0.5, 0.6) is 0 Å². The van der Waals surface area contributed by atoms with Crippen molar-refractivity contribution in [2.45, 2.75) is 50.2 Å². The summed E-state index contributed by atoms with van der Waals surface area (Å²) < 4.78 is 4.15. The Morgan fingerprint density at radius 2 is 1.80 bits per heavy atom. The highest BCUT2D eigenvalue weighted by molar-refractivity contribution is 6.34. The Bertz CT molecular complexity index is 1150. The molecule has 1 aliphatic heterocycles. The van der Waals surface area contributed by atoms with Crippen molar-refractivity contribution in [2.24, 2.45) is 17.8 Å². The Kier molecular flexibility index (Phi) is 3.29. The first-order chi connectivity index (χ1) is 14.4. The lowest BCUT2D eigenvalue weighted by molar-refractivity contribution is -0.0977. The van der Waals surface area contributed by atoms with Crippen LogP contribution in [0, 0.1) is 17.8 Å². The summed E-state index contributed by atoms with van der Waals surface area (Å²) in [4.78, 5) is 2.37. The third-order valence-electron chi connectivity index (χ3n) is 8.68. The number of fused-ring (bicyclic) bond motifs is 3. The highest BCUT2D eigenvalue weighted by Crippen LogP contribution is 2.62. The van der Waals surface area contributed by atoms with Crippen molar-refractivity contribution in [3.8, 4) is 5.69 Å². The van der Waals surface area contributed by atoms with Crippen molar-refractivity contribution in [2.75, 3.05) is 18.0 Å². The molecule has 1 N–H and O–H groups in total. The van der Waals surface area contributed by atoms with Gasteiger partial charge >= 0.3 is 0 Å². The zero-order valence-corrected chi connectivity index (χ0v) is 17.9. The molecule has 6 nitrogen and oxygen atoms in total. The summed E-state index contributed by atoms with van der Waals surface area (Å²) in [5.41, 5.74) is 2.83. The Hall–Kier alpha value is -2.05. The summed E-state index contributed by atoms with van der Waals surface area (Å²) in [6.07, 6.45) is 12.0. The monoisotopic (exact) mass is 423 g/mol. The fourth-order valence-corrected chi connectivity index (χ4v) is 6.85. The summed E-state index contributed by atoms with van der Waals surface area (Å²) in [7, 11) is 0. The van der Waals surface area contributed by atoms with Gasteiger partial charge in [0.1, 0.15) is 5.69 Å². The van der Waals surface area contributed by atoms with Gasteiger partial charge in [0.2, 0.25) is 0 Å². The minimum absolute atomic E-state index is 0.282. The van der Waals surface area contributed by atoms with Crippen molar-refractivity contribution in [3.05, 3.63) is 35.7 Å². The normalized spacial score (nSPS) is 36.8. The van der Waals surface area contributed by atoms with E-state index in [1.807, 2.05) is 30.1 Å². The van der Waals surface area contributed by atoms with Crippen LogP contribution in [0.3, 0.4) is 0 Å². The number of rotatable bonds is 3. The fraction of sp³-hybridized carbons (Fsp3) is 0.565. The predicted octanol–water partition coefficient (Wildman–Crippen LogP) is 3.98. The van der Waals surface area contributed by atoms with Gasteiger partial charge in [0.25, 0.3) is 0 Å². The molecule has 1 aromatic carbocycles. The zero-order valence-electron chi connectivity index (χ0n) is 17.1. The molecule has 0 radical (unpaired) electrons. The fourth-order valence-electron chi connectivity index (χ4n) is 6.55. The molecule has 30 heavy (non-hydrogen) atoms. The van der Waals surface area contributed by atoms with Gasteiger partial charge < -0.3 is 10.0 Å². The van der Waals surface area contributed by atoms with Crippen LogP contribution in [0.2, 0.25) is 5.02 Å². The van der Waals surface area contributed by atoms with Crippen LogP contribution in [0.15, 0.2) is 30.7 Å². The number of aromatic nitrogens is 4. The molecular weight excluding hydrogens is 398 g/mol. The molecule has 5 aliphatic rings. The maximum absolute atomic E-state index is 10.9. The lowest BCUT2D eigenvalue weighted by Crippen LogP contribution is -2.59. The van der Waals surface area contributed by atoms with E-state index in [1.165, 1.54) is 19.3 Å². The molecule has 2 aromatic heterocycles. The van der Waals surface area contributed by atoms with Gasteiger partial charge in [-0.1, -0.05) is 11.6 Å². The third kappa shape index (κ3) is 2.19. The maximum atomic E-state index is 10.9. The van der Waals surface area contributed by atoms with Gasteiger partial charge in [0, 0.05) is 30.3 Å². The summed E-state index contributed by atoms with van der Waals surface area (Å²) in [6, 6.07) is 4.19. The Balaban J connectivity index is 1.26. The molecule has 2 unspecified atom stereocenters. The predicted molar refractivity (Wildman–Crippen MR) is 116 cm³/mol. The van der Waals surface area contributed by atoms with Gasteiger partial charge in [0.15, 0.2) is 0 Å². The van der Waals surface area contributed by atoms with Crippen molar-refractivity contribution in [1.82, 2.24) is 19.6 Å². The van der Waals surface area contributed by atoms with E-state index in [9.17, 15) is 5.11 Å². The number of aliphatic hydroxyl groups is 1. The van der Waals surface area contributed by atoms with Gasteiger partial charge in [-0.25, -0.2) is 4.68 Å². The molecule has 5 fully saturated rings. The van der Waals surface area contributed by atoms with Crippen LogP contribution in [0.1, 0.15) is 39.0 Å². The molecule has 8 rings (SSSR count). The van der Waals surface area contributed by atoms with E-state index in [1.54, 1.807) is 0 Å². The molecule has 3 heterocycles. The first-order valence-corrected chi connectivity index (χ1v) is 11.5. The number of piperidine rings is 1. The largest absolute Gasteiger partial charge is 0.389 e. The zero-order chi connectivity index (χ0) is 20.3. The Morgan fingerprint density at radius 1 is 1.07 bits per heavy atom. The van der Waals surface area contributed by atoms with Crippen LogP contribution in [-0.4, -0.2) is 43.4 Å². The third-order valence-corrected chi connectivity index (χ3v) is 8.98. The van der Waals surface area contributed by atoms with E-state index in [0.29, 0.717) is 11.8 Å². The van der Waals surface area contributed by atoms with Gasteiger partial charge in [-0.15, -0.1) is 0 Å². The number of benzene rings is 1.